The van der Waals surface area contributed by atoms with Gasteiger partial charge in [-0.2, -0.15) is 5.10 Å². The zero-order valence-electron chi connectivity index (χ0n) is 10.4. The second-order valence-electron chi connectivity index (χ2n) is 4.67. The molecule has 0 saturated heterocycles. The van der Waals surface area contributed by atoms with Gasteiger partial charge in [-0.15, -0.1) is 0 Å². The van der Waals surface area contributed by atoms with Crippen molar-refractivity contribution in [2.45, 2.75) is 26.1 Å². The first-order chi connectivity index (χ1) is 8.81. The molecule has 18 heavy (non-hydrogen) atoms. The minimum absolute atomic E-state index is 0.593. The minimum Gasteiger partial charge on any atom is -0.382 e. The van der Waals surface area contributed by atoms with E-state index in [1.54, 1.807) is 0 Å². The molecule has 0 saturated carbocycles. The second kappa shape index (κ2) is 4.81. The normalized spacial score (nSPS) is 15.8. The molecule has 6 nitrogen and oxygen atoms in total. The maximum Gasteiger partial charge on any atom is 0.145 e. The molecule has 3 rings (SSSR count). The highest BCUT2D eigenvalue weighted by Gasteiger charge is 2.15. The van der Waals surface area contributed by atoms with Crippen molar-refractivity contribution >= 4 is 5.82 Å². The van der Waals surface area contributed by atoms with Crippen molar-refractivity contribution in [1.29, 1.82) is 0 Å². The monoisotopic (exact) mass is 246 g/mol. The maximum absolute atomic E-state index is 5.58. The number of imidazole rings is 1. The molecule has 2 aromatic rings. The van der Waals surface area contributed by atoms with Crippen LogP contribution in [-0.2, 0) is 19.6 Å². The topological polar surface area (TPSA) is 64.9 Å². The fourth-order valence-corrected chi connectivity index (χ4v) is 2.37. The van der Waals surface area contributed by atoms with Crippen molar-refractivity contribution in [2.24, 2.45) is 0 Å². The standard InChI is InChI=1S/C12H18N6/c13-11-2-6-18(15-11)5-1-4-16-8-9-17-7-3-14-12(17)10-16/h2-3,6-7H,1,4-5,8-10H2,(H2,13,15). The molecule has 6 heteroatoms. The van der Waals surface area contributed by atoms with E-state index in [0.29, 0.717) is 5.82 Å². The molecule has 2 aromatic heterocycles. The summed E-state index contributed by atoms with van der Waals surface area (Å²) in [4.78, 5) is 6.80. The molecule has 2 N–H and O–H groups in total. The molecule has 1 aliphatic heterocycles. The van der Waals surface area contributed by atoms with E-state index in [1.165, 1.54) is 5.82 Å². The van der Waals surface area contributed by atoms with Crippen molar-refractivity contribution in [3.63, 3.8) is 0 Å². The summed E-state index contributed by atoms with van der Waals surface area (Å²) in [7, 11) is 0. The van der Waals surface area contributed by atoms with E-state index in [0.717, 1.165) is 39.1 Å². The van der Waals surface area contributed by atoms with Crippen molar-refractivity contribution < 1.29 is 0 Å². The minimum atomic E-state index is 0.593. The Morgan fingerprint density at radius 3 is 3.00 bits per heavy atom. The van der Waals surface area contributed by atoms with Crippen LogP contribution in [-0.4, -0.2) is 37.3 Å². The van der Waals surface area contributed by atoms with Gasteiger partial charge in [0.15, 0.2) is 0 Å². The third-order valence-electron chi connectivity index (χ3n) is 3.35. The van der Waals surface area contributed by atoms with E-state index in [1.807, 2.05) is 23.1 Å². The molecule has 0 spiro atoms. The Morgan fingerprint density at radius 1 is 1.22 bits per heavy atom. The molecule has 0 radical (unpaired) electrons. The van der Waals surface area contributed by atoms with Crippen molar-refractivity contribution in [3.05, 3.63) is 30.5 Å². The summed E-state index contributed by atoms with van der Waals surface area (Å²) in [6.07, 6.45) is 6.95. The molecule has 0 fully saturated rings. The highest BCUT2D eigenvalue weighted by atomic mass is 15.3. The first-order valence-electron chi connectivity index (χ1n) is 6.32. The van der Waals surface area contributed by atoms with Gasteiger partial charge >= 0.3 is 0 Å². The van der Waals surface area contributed by atoms with E-state index < -0.39 is 0 Å². The van der Waals surface area contributed by atoms with Gasteiger partial charge in [-0.05, 0) is 12.5 Å². The highest BCUT2D eigenvalue weighted by molar-refractivity contribution is 5.23. The fourth-order valence-electron chi connectivity index (χ4n) is 2.37. The Kier molecular flexibility index (Phi) is 3.02. The number of rotatable bonds is 4. The number of aryl methyl sites for hydroxylation is 1. The molecule has 3 heterocycles. The largest absolute Gasteiger partial charge is 0.382 e. The van der Waals surface area contributed by atoms with Crippen molar-refractivity contribution in [2.75, 3.05) is 18.8 Å². The van der Waals surface area contributed by atoms with Crippen LogP contribution in [0.25, 0.3) is 0 Å². The predicted octanol–water partition coefficient (Wildman–Crippen LogP) is 0.568. The van der Waals surface area contributed by atoms with Gasteiger partial charge in [-0.3, -0.25) is 9.58 Å². The molecule has 96 valence electrons. The van der Waals surface area contributed by atoms with Gasteiger partial charge in [-0.25, -0.2) is 4.98 Å². The lowest BCUT2D eigenvalue weighted by Gasteiger charge is -2.27. The number of nitrogens with two attached hydrogens (primary N) is 1. The molecular formula is C12H18N6. The third-order valence-corrected chi connectivity index (χ3v) is 3.35. The maximum atomic E-state index is 5.58. The predicted molar refractivity (Wildman–Crippen MR) is 68.8 cm³/mol. The number of fused-ring (bicyclic) bond motifs is 1. The van der Waals surface area contributed by atoms with Crippen molar-refractivity contribution in [3.8, 4) is 0 Å². The SMILES string of the molecule is Nc1ccn(CCCN2CCn3ccnc3C2)n1. The molecule has 0 aliphatic carbocycles. The van der Waals surface area contributed by atoms with Gasteiger partial charge in [0.25, 0.3) is 0 Å². The Hall–Kier alpha value is -1.82. The van der Waals surface area contributed by atoms with Gasteiger partial charge in [0, 0.05) is 44.8 Å². The Balaban J connectivity index is 1.47. The van der Waals surface area contributed by atoms with Gasteiger partial charge in [0.05, 0.1) is 6.54 Å². The fraction of sp³-hybridized carbons (Fsp3) is 0.500. The molecule has 1 aliphatic rings. The average molecular weight is 246 g/mol. The highest BCUT2D eigenvalue weighted by Crippen LogP contribution is 2.10. The zero-order chi connectivity index (χ0) is 12.4. The molecule has 0 unspecified atom stereocenters. The van der Waals surface area contributed by atoms with E-state index >= 15 is 0 Å². The smallest absolute Gasteiger partial charge is 0.145 e. The van der Waals surface area contributed by atoms with E-state index in [2.05, 4.69) is 25.7 Å². The number of aromatic nitrogens is 4. The van der Waals surface area contributed by atoms with Gasteiger partial charge in [0.2, 0.25) is 0 Å². The van der Waals surface area contributed by atoms with Crippen LogP contribution in [0.2, 0.25) is 0 Å². The summed E-state index contributed by atoms with van der Waals surface area (Å²) in [5, 5.41) is 4.18. The number of nitrogens with zero attached hydrogens (tertiary/aromatic N) is 5. The zero-order valence-corrected chi connectivity index (χ0v) is 10.4. The van der Waals surface area contributed by atoms with Gasteiger partial charge < -0.3 is 10.3 Å². The summed E-state index contributed by atoms with van der Waals surface area (Å²) in [5.74, 6) is 1.76. The first kappa shape index (κ1) is 11.3. The van der Waals surface area contributed by atoms with Crippen LogP contribution in [0.5, 0.6) is 0 Å². The van der Waals surface area contributed by atoms with Gasteiger partial charge in [-0.1, -0.05) is 0 Å². The second-order valence-corrected chi connectivity index (χ2v) is 4.67. The molecule has 0 atom stereocenters. The molecule has 0 amide bonds. The van der Waals surface area contributed by atoms with Crippen LogP contribution in [0.3, 0.4) is 0 Å². The lowest BCUT2D eigenvalue weighted by molar-refractivity contribution is 0.210. The first-order valence-corrected chi connectivity index (χ1v) is 6.32. The summed E-state index contributed by atoms with van der Waals surface area (Å²) in [6.45, 7) is 5.09. The van der Waals surface area contributed by atoms with Crippen LogP contribution in [0.1, 0.15) is 12.2 Å². The van der Waals surface area contributed by atoms with Crippen LogP contribution < -0.4 is 5.73 Å². The van der Waals surface area contributed by atoms with Crippen LogP contribution in [0.4, 0.5) is 5.82 Å². The Morgan fingerprint density at radius 2 is 2.17 bits per heavy atom. The number of hydrogen-bond donors (Lipinski definition) is 1. The summed E-state index contributed by atoms with van der Waals surface area (Å²) < 4.78 is 4.13. The van der Waals surface area contributed by atoms with Crippen LogP contribution in [0.15, 0.2) is 24.7 Å². The van der Waals surface area contributed by atoms with Crippen LogP contribution in [0, 0.1) is 0 Å². The molecule has 0 bridgehead atoms. The van der Waals surface area contributed by atoms with E-state index in [9.17, 15) is 0 Å². The van der Waals surface area contributed by atoms with Gasteiger partial charge in [0.1, 0.15) is 11.6 Å². The Labute approximate surface area is 106 Å². The number of anilines is 1. The van der Waals surface area contributed by atoms with E-state index in [-0.39, 0.29) is 0 Å². The van der Waals surface area contributed by atoms with E-state index in [4.69, 9.17) is 5.73 Å². The molecule has 0 aromatic carbocycles. The van der Waals surface area contributed by atoms with Crippen molar-refractivity contribution in [1.82, 2.24) is 24.2 Å². The average Bonchev–Trinajstić information content (AvgIpc) is 2.97. The lowest BCUT2D eigenvalue weighted by Crippen LogP contribution is -2.34. The quantitative estimate of drug-likeness (QED) is 0.856. The summed E-state index contributed by atoms with van der Waals surface area (Å²) in [6, 6.07) is 1.83. The number of hydrogen-bond acceptors (Lipinski definition) is 4. The summed E-state index contributed by atoms with van der Waals surface area (Å²) >= 11 is 0. The Bertz CT molecular complexity index is 514. The lowest BCUT2D eigenvalue weighted by atomic mass is 10.3. The number of nitrogen functional groups attached to an aromatic ring is 1. The van der Waals surface area contributed by atoms with Crippen LogP contribution >= 0.6 is 0 Å². The third kappa shape index (κ3) is 2.38. The summed E-state index contributed by atoms with van der Waals surface area (Å²) in [5.41, 5.74) is 5.58. The molecular weight excluding hydrogens is 228 g/mol.